The molecule has 0 aliphatic carbocycles. The highest BCUT2D eigenvalue weighted by Crippen LogP contribution is 2.28. The van der Waals surface area contributed by atoms with Crippen LogP contribution in [0, 0.1) is 0 Å². The SMILES string of the molecule is CC[C@H](C)NC(=O)c1cc(-c2ccc(Cl)c(Cl)c2)on1. The molecule has 0 radical (unpaired) electrons. The van der Waals surface area contributed by atoms with Crippen LogP contribution in [0.2, 0.25) is 10.0 Å². The lowest BCUT2D eigenvalue weighted by Gasteiger charge is -2.08. The Morgan fingerprint density at radius 2 is 2.10 bits per heavy atom. The third kappa shape index (κ3) is 3.32. The van der Waals surface area contributed by atoms with Gasteiger partial charge in [-0.05, 0) is 31.5 Å². The van der Waals surface area contributed by atoms with Gasteiger partial charge in [-0.3, -0.25) is 4.79 Å². The molecule has 1 atom stereocenters. The smallest absolute Gasteiger partial charge is 0.273 e. The van der Waals surface area contributed by atoms with E-state index in [1.807, 2.05) is 13.8 Å². The molecule has 0 aliphatic heterocycles. The number of hydrogen-bond acceptors (Lipinski definition) is 3. The topological polar surface area (TPSA) is 55.1 Å². The highest BCUT2D eigenvalue weighted by molar-refractivity contribution is 6.42. The number of nitrogens with zero attached hydrogens (tertiary/aromatic N) is 1. The first kappa shape index (κ1) is 14.9. The van der Waals surface area contributed by atoms with Gasteiger partial charge in [-0.25, -0.2) is 0 Å². The van der Waals surface area contributed by atoms with Crippen LogP contribution in [0.25, 0.3) is 11.3 Å². The molecule has 0 saturated carbocycles. The summed E-state index contributed by atoms with van der Waals surface area (Å²) in [6.45, 7) is 3.92. The second kappa shape index (κ2) is 6.29. The van der Waals surface area contributed by atoms with Crippen molar-refractivity contribution in [2.75, 3.05) is 0 Å². The van der Waals surface area contributed by atoms with Crippen molar-refractivity contribution in [3.05, 3.63) is 40.0 Å². The Balaban J connectivity index is 2.20. The van der Waals surface area contributed by atoms with Gasteiger partial charge in [0.05, 0.1) is 10.0 Å². The molecule has 0 fully saturated rings. The third-order valence-corrected chi connectivity index (χ3v) is 3.68. The van der Waals surface area contributed by atoms with Crippen LogP contribution >= 0.6 is 23.2 Å². The summed E-state index contributed by atoms with van der Waals surface area (Å²) in [6.07, 6.45) is 0.850. The van der Waals surface area contributed by atoms with Crippen LogP contribution in [0.5, 0.6) is 0 Å². The van der Waals surface area contributed by atoms with Gasteiger partial charge in [-0.2, -0.15) is 0 Å². The lowest BCUT2D eigenvalue weighted by atomic mass is 10.1. The molecule has 4 nitrogen and oxygen atoms in total. The zero-order valence-corrected chi connectivity index (χ0v) is 12.6. The highest BCUT2D eigenvalue weighted by Gasteiger charge is 2.15. The Kier molecular flexibility index (Phi) is 4.68. The Morgan fingerprint density at radius 3 is 2.75 bits per heavy atom. The van der Waals surface area contributed by atoms with E-state index in [-0.39, 0.29) is 17.6 Å². The Bertz CT molecular complexity index is 625. The van der Waals surface area contributed by atoms with Crippen LogP contribution in [0.1, 0.15) is 30.8 Å². The Morgan fingerprint density at radius 1 is 1.35 bits per heavy atom. The maximum absolute atomic E-state index is 11.9. The minimum absolute atomic E-state index is 0.0904. The maximum atomic E-state index is 11.9. The largest absolute Gasteiger partial charge is 0.355 e. The number of carbonyl (C=O) groups is 1. The van der Waals surface area contributed by atoms with Gasteiger partial charge in [0.15, 0.2) is 11.5 Å². The number of amides is 1. The fourth-order valence-electron chi connectivity index (χ4n) is 1.57. The van der Waals surface area contributed by atoms with E-state index in [1.54, 1.807) is 24.3 Å². The van der Waals surface area contributed by atoms with Crippen LogP contribution in [-0.2, 0) is 0 Å². The van der Waals surface area contributed by atoms with Crippen molar-refractivity contribution < 1.29 is 9.32 Å². The average Bonchev–Trinajstić information content (AvgIpc) is 2.91. The van der Waals surface area contributed by atoms with Crippen molar-refractivity contribution >= 4 is 29.1 Å². The first-order valence-electron chi connectivity index (χ1n) is 6.24. The second-order valence-electron chi connectivity index (χ2n) is 4.49. The lowest BCUT2D eigenvalue weighted by molar-refractivity contribution is 0.0930. The van der Waals surface area contributed by atoms with Crippen molar-refractivity contribution in [1.29, 1.82) is 0 Å². The fourth-order valence-corrected chi connectivity index (χ4v) is 1.87. The molecule has 0 saturated heterocycles. The molecule has 1 amide bonds. The van der Waals surface area contributed by atoms with Gasteiger partial charge >= 0.3 is 0 Å². The standard InChI is InChI=1S/C14H14Cl2N2O2/c1-3-8(2)17-14(19)12-7-13(20-18-12)9-4-5-10(15)11(16)6-9/h4-8H,3H2,1-2H3,(H,17,19)/t8-/m0/s1. The van der Waals surface area contributed by atoms with E-state index < -0.39 is 0 Å². The normalized spacial score (nSPS) is 12.2. The number of aromatic nitrogens is 1. The summed E-state index contributed by atoms with van der Waals surface area (Å²) < 4.78 is 5.17. The predicted octanol–water partition coefficient (Wildman–Crippen LogP) is 4.18. The highest BCUT2D eigenvalue weighted by atomic mass is 35.5. The van der Waals surface area contributed by atoms with E-state index in [0.29, 0.717) is 15.8 Å². The summed E-state index contributed by atoms with van der Waals surface area (Å²) in [7, 11) is 0. The lowest BCUT2D eigenvalue weighted by Crippen LogP contribution is -2.32. The molecule has 106 valence electrons. The molecule has 0 spiro atoms. The summed E-state index contributed by atoms with van der Waals surface area (Å²) >= 11 is 11.8. The molecule has 2 rings (SSSR count). The van der Waals surface area contributed by atoms with E-state index >= 15 is 0 Å². The van der Waals surface area contributed by atoms with Crippen molar-refractivity contribution in [2.24, 2.45) is 0 Å². The summed E-state index contributed by atoms with van der Waals surface area (Å²) in [5.74, 6) is 0.215. The van der Waals surface area contributed by atoms with E-state index in [4.69, 9.17) is 27.7 Å². The molecule has 1 heterocycles. The van der Waals surface area contributed by atoms with E-state index in [0.717, 1.165) is 12.0 Å². The van der Waals surface area contributed by atoms with Gasteiger partial charge in [-0.15, -0.1) is 0 Å². The average molecular weight is 313 g/mol. The van der Waals surface area contributed by atoms with Crippen LogP contribution in [0.15, 0.2) is 28.8 Å². The number of nitrogens with one attached hydrogen (secondary N) is 1. The fraction of sp³-hybridized carbons (Fsp3) is 0.286. The summed E-state index contributed by atoms with van der Waals surface area (Å²) in [5, 5.41) is 7.48. The Hall–Kier alpha value is -1.52. The molecule has 2 aromatic rings. The van der Waals surface area contributed by atoms with E-state index in [2.05, 4.69) is 10.5 Å². The molecular weight excluding hydrogens is 299 g/mol. The summed E-state index contributed by atoms with van der Waals surface area (Å²) in [4.78, 5) is 11.9. The van der Waals surface area contributed by atoms with Crippen LogP contribution in [0.4, 0.5) is 0 Å². The molecule has 0 unspecified atom stereocenters. The molecule has 0 aliphatic rings. The summed E-state index contributed by atoms with van der Waals surface area (Å²) in [6, 6.07) is 6.76. The first-order valence-corrected chi connectivity index (χ1v) is 7.00. The van der Waals surface area contributed by atoms with Gasteiger partial charge in [0, 0.05) is 17.7 Å². The second-order valence-corrected chi connectivity index (χ2v) is 5.30. The monoisotopic (exact) mass is 312 g/mol. The zero-order valence-electron chi connectivity index (χ0n) is 11.1. The number of hydrogen-bond donors (Lipinski definition) is 1. The van der Waals surface area contributed by atoms with Crippen LogP contribution < -0.4 is 5.32 Å². The zero-order chi connectivity index (χ0) is 14.7. The number of benzene rings is 1. The molecular formula is C14H14Cl2N2O2. The summed E-state index contributed by atoms with van der Waals surface area (Å²) in [5.41, 5.74) is 0.959. The van der Waals surface area contributed by atoms with Gasteiger partial charge in [-0.1, -0.05) is 35.3 Å². The van der Waals surface area contributed by atoms with Gasteiger partial charge < -0.3 is 9.84 Å². The molecule has 1 N–H and O–H groups in total. The molecule has 6 heteroatoms. The molecule has 0 bridgehead atoms. The number of rotatable bonds is 4. The molecule has 1 aromatic carbocycles. The quantitative estimate of drug-likeness (QED) is 0.921. The minimum atomic E-state index is -0.255. The minimum Gasteiger partial charge on any atom is -0.355 e. The van der Waals surface area contributed by atoms with E-state index in [9.17, 15) is 4.79 Å². The van der Waals surface area contributed by atoms with Crippen molar-refractivity contribution in [2.45, 2.75) is 26.3 Å². The molecule has 20 heavy (non-hydrogen) atoms. The maximum Gasteiger partial charge on any atom is 0.273 e. The predicted molar refractivity (Wildman–Crippen MR) is 79.2 cm³/mol. The Labute approximate surface area is 127 Å². The first-order chi connectivity index (χ1) is 9.51. The third-order valence-electron chi connectivity index (χ3n) is 2.94. The van der Waals surface area contributed by atoms with Gasteiger partial charge in [0.1, 0.15) is 0 Å². The van der Waals surface area contributed by atoms with Crippen molar-refractivity contribution in [3.8, 4) is 11.3 Å². The van der Waals surface area contributed by atoms with E-state index in [1.165, 1.54) is 0 Å². The van der Waals surface area contributed by atoms with Crippen LogP contribution in [0.3, 0.4) is 0 Å². The molecule has 1 aromatic heterocycles. The van der Waals surface area contributed by atoms with Crippen molar-refractivity contribution in [3.63, 3.8) is 0 Å². The number of carbonyl (C=O) groups excluding carboxylic acids is 1. The van der Waals surface area contributed by atoms with Crippen LogP contribution in [-0.4, -0.2) is 17.1 Å². The number of halogens is 2. The van der Waals surface area contributed by atoms with Crippen molar-refractivity contribution in [1.82, 2.24) is 10.5 Å². The van der Waals surface area contributed by atoms with Gasteiger partial charge in [0.2, 0.25) is 0 Å². The van der Waals surface area contributed by atoms with Gasteiger partial charge in [0.25, 0.3) is 5.91 Å².